The zero-order valence-electron chi connectivity index (χ0n) is 10.6. The van der Waals surface area contributed by atoms with E-state index in [1.54, 1.807) is 0 Å². The number of carboxylic acids is 3. The van der Waals surface area contributed by atoms with E-state index < -0.39 is 36.4 Å². The summed E-state index contributed by atoms with van der Waals surface area (Å²) in [5.41, 5.74) is 0. The van der Waals surface area contributed by atoms with Crippen LogP contribution in [-0.2, 0) is 19.3 Å². The maximum Gasteiger partial charge on any atom is 0.321 e. The van der Waals surface area contributed by atoms with Crippen LogP contribution in [0.4, 0.5) is 0 Å². The van der Waals surface area contributed by atoms with Crippen molar-refractivity contribution in [3.63, 3.8) is 0 Å². The number of carbonyl (C=O) groups is 3. The molecular weight excluding hydrogens is 276 g/mol. The lowest BCUT2D eigenvalue weighted by molar-refractivity contribution is -0.243. The molecule has 0 saturated heterocycles. The van der Waals surface area contributed by atoms with E-state index in [-0.39, 0.29) is 26.1 Å². The summed E-state index contributed by atoms with van der Waals surface area (Å²) >= 11 is 0. The van der Waals surface area contributed by atoms with E-state index in [9.17, 15) is 14.4 Å². The van der Waals surface area contributed by atoms with Gasteiger partial charge in [0.1, 0.15) is 12.1 Å². The molecule has 2 atom stereocenters. The zero-order chi connectivity index (χ0) is 15.5. The van der Waals surface area contributed by atoms with Crippen molar-refractivity contribution in [1.29, 1.82) is 0 Å². The number of hydrogen-bond donors (Lipinski definition) is 6. The maximum atomic E-state index is 10.8. The van der Waals surface area contributed by atoms with Crippen molar-refractivity contribution in [2.75, 3.05) is 19.7 Å². The number of nitrogens with one attached hydrogen (secondary N) is 2. The van der Waals surface area contributed by atoms with Crippen LogP contribution in [0.2, 0.25) is 0 Å². The molecule has 0 spiro atoms. The molecule has 116 valence electrons. The summed E-state index contributed by atoms with van der Waals surface area (Å²) in [4.78, 5) is 35.7. The summed E-state index contributed by atoms with van der Waals surface area (Å²) in [6.07, 6.45) is -0.542. The van der Waals surface area contributed by atoms with Crippen LogP contribution in [0.25, 0.3) is 0 Å². The summed E-state index contributed by atoms with van der Waals surface area (Å²) < 4.78 is 0. The molecule has 0 aromatic carbocycles. The summed E-state index contributed by atoms with van der Waals surface area (Å²) in [6, 6.07) is -2.19. The van der Waals surface area contributed by atoms with Crippen molar-refractivity contribution in [3.05, 3.63) is 0 Å². The average Bonchev–Trinajstić information content (AvgIpc) is 2.35. The first-order valence-electron chi connectivity index (χ1n) is 5.79. The fourth-order valence-corrected chi connectivity index (χ4v) is 1.40. The number of hydrogen-bond acceptors (Lipinski definition) is 7. The third-order valence-electron chi connectivity index (χ3n) is 2.38. The second-order valence-electron chi connectivity index (χ2n) is 3.91. The van der Waals surface area contributed by atoms with Crippen LogP contribution in [0.5, 0.6) is 0 Å². The van der Waals surface area contributed by atoms with Crippen LogP contribution in [0.15, 0.2) is 0 Å². The second kappa shape index (κ2) is 10.1. The van der Waals surface area contributed by atoms with Gasteiger partial charge >= 0.3 is 17.9 Å². The highest BCUT2D eigenvalue weighted by molar-refractivity contribution is 5.80. The highest BCUT2D eigenvalue weighted by Crippen LogP contribution is 1.94. The van der Waals surface area contributed by atoms with Gasteiger partial charge in [0, 0.05) is 13.1 Å². The topological polar surface area (TPSA) is 165 Å². The monoisotopic (exact) mass is 294 g/mol. The van der Waals surface area contributed by atoms with Gasteiger partial charge in [0.05, 0.1) is 13.0 Å². The Morgan fingerprint density at radius 1 is 0.950 bits per heavy atom. The molecule has 0 amide bonds. The van der Waals surface area contributed by atoms with Crippen LogP contribution in [0.3, 0.4) is 0 Å². The molecule has 0 heterocycles. The lowest BCUT2D eigenvalue weighted by Gasteiger charge is -2.16. The molecule has 0 aliphatic carbocycles. The maximum absolute atomic E-state index is 10.8. The summed E-state index contributed by atoms with van der Waals surface area (Å²) in [7, 11) is 0. The Hall–Kier alpha value is -1.75. The molecule has 0 saturated carbocycles. The first-order valence-corrected chi connectivity index (χ1v) is 5.79. The molecule has 2 unspecified atom stereocenters. The van der Waals surface area contributed by atoms with E-state index in [1.807, 2.05) is 0 Å². The Labute approximate surface area is 114 Å². The van der Waals surface area contributed by atoms with Gasteiger partial charge in [0.25, 0.3) is 0 Å². The van der Waals surface area contributed by atoms with Gasteiger partial charge in [-0.15, -0.1) is 0 Å². The Bertz CT molecular complexity index is 335. The molecule has 0 aliphatic rings. The molecule has 10 nitrogen and oxygen atoms in total. The third-order valence-corrected chi connectivity index (χ3v) is 2.38. The molecule has 6 N–H and O–H groups in total. The fraction of sp³-hybridized carbons (Fsp3) is 0.700. The van der Waals surface area contributed by atoms with Gasteiger partial charge in [0.2, 0.25) is 0 Å². The minimum Gasteiger partial charge on any atom is -0.481 e. The highest BCUT2D eigenvalue weighted by atomic mass is 17.1. The van der Waals surface area contributed by atoms with E-state index in [2.05, 4.69) is 15.5 Å². The molecule has 0 rings (SSSR count). The Kier molecular flexibility index (Phi) is 9.20. The number of carboxylic acid groups (broad SMARTS) is 3. The van der Waals surface area contributed by atoms with Crippen molar-refractivity contribution in [2.24, 2.45) is 0 Å². The van der Waals surface area contributed by atoms with E-state index >= 15 is 0 Å². The molecule has 0 bridgehead atoms. The minimum absolute atomic E-state index is 0.0311. The standard InChI is InChI=1S/C10H18N2O8/c13-8(14)5-7(10(17)18)12-3-2-11-6(9(15)16)1-4-20-19/h6-7,11-12,19H,1-5H2,(H,13,14)(H,15,16)(H,17,18). The number of aliphatic carboxylic acids is 3. The van der Waals surface area contributed by atoms with Gasteiger partial charge < -0.3 is 26.0 Å². The smallest absolute Gasteiger partial charge is 0.321 e. The van der Waals surface area contributed by atoms with Gasteiger partial charge in [-0.3, -0.25) is 19.6 Å². The summed E-state index contributed by atoms with van der Waals surface area (Å²) in [5.74, 6) is -3.68. The molecule has 0 aliphatic heterocycles. The van der Waals surface area contributed by atoms with Crippen LogP contribution in [0, 0.1) is 0 Å². The molecule has 20 heavy (non-hydrogen) atoms. The van der Waals surface area contributed by atoms with Gasteiger partial charge in [-0.2, -0.15) is 0 Å². The van der Waals surface area contributed by atoms with Crippen LogP contribution >= 0.6 is 0 Å². The molecule has 0 aromatic heterocycles. The SMILES string of the molecule is O=C(O)CC(NCCNC(CCOO)C(=O)O)C(=O)O. The Balaban J connectivity index is 4.04. The first-order chi connectivity index (χ1) is 9.38. The molecule has 0 fully saturated rings. The quantitative estimate of drug-likeness (QED) is 0.140. The predicted octanol–water partition coefficient (Wildman–Crippen LogP) is -1.57. The third kappa shape index (κ3) is 8.37. The zero-order valence-corrected chi connectivity index (χ0v) is 10.6. The van der Waals surface area contributed by atoms with E-state index in [1.165, 1.54) is 0 Å². The van der Waals surface area contributed by atoms with Gasteiger partial charge in [-0.05, 0) is 6.42 Å². The van der Waals surface area contributed by atoms with Crippen LogP contribution < -0.4 is 10.6 Å². The van der Waals surface area contributed by atoms with E-state index in [0.29, 0.717) is 0 Å². The lowest BCUT2D eigenvalue weighted by Crippen LogP contribution is -2.45. The van der Waals surface area contributed by atoms with Crippen LogP contribution in [0.1, 0.15) is 12.8 Å². The molecule has 0 radical (unpaired) electrons. The Morgan fingerprint density at radius 2 is 1.45 bits per heavy atom. The molecule has 10 heteroatoms. The van der Waals surface area contributed by atoms with Gasteiger partial charge in [0.15, 0.2) is 0 Å². The number of rotatable bonds is 12. The summed E-state index contributed by atoms with van der Waals surface area (Å²) in [5, 5.41) is 39.3. The fourth-order valence-electron chi connectivity index (χ4n) is 1.40. The minimum atomic E-state index is -1.30. The molecule has 0 aromatic rings. The average molecular weight is 294 g/mol. The van der Waals surface area contributed by atoms with Crippen molar-refractivity contribution >= 4 is 17.9 Å². The van der Waals surface area contributed by atoms with Crippen molar-refractivity contribution in [2.45, 2.75) is 24.9 Å². The normalized spacial score (nSPS) is 13.7. The molecular formula is C10H18N2O8. The van der Waals surface area contributed by atoms with Crippen LogP contribution in [-0.4, -0.2) is 70.3 Å². The highest BCUT2D eigenvalue weighted by Gasteiger charge is 2.20. The second-order valence-corrected chi connectivity index (χ2v) is 3.91. The first kappa shape index (κ1) is 18.2. The van der Waals surface area contributed by atoms with E-state index in [0.717, 1.165) is 0 Å². The van der Waals surface area contributed by atoms with Crippen molar-refractivity contribution in [3.8, 4) is 0 Å². The van der Waals surface area contributed by atoms with Crippen molar-refractivity contribution in [1.82, 2.24) is 10.6 Å². The Morgan fingerprint density at radius 3 is 1.85 bits per heavy atom. The largest absolute Gasteiger partial charge is 0.481 e. The van der Waals surface area contributed by atoms with Gasteiger partial charge in [-0.25, -0.2) is 4.89 Å². The van der Waals surface area contributed by atoms with Crippen molar-refractivity contribution < 1.29 is 39.8 Å². The lowest BCUT2D eigenvalue weighted by atomic mass is 10.2. The summed E-state index contributed by atoms with van der Waals surface area (Å²) in [6.45, 7) is 0.0357. The predicted molar refractivity (Wildman–Crippen MR) is 64.3 cm³/mol. The van der Waals surface area contributed by atoms with E-state index in [4.69, 9.17) is 20.6 Å². The van der Waals surface area contributed by atoms with Gasteiger partial charge in [-0.1, -0.05) is 0 Å².